The topological polar surface area (TPSA) is 29.5 Å². The number of aliphatic hydroxyl groups excluding tert-OH is 1. The Labute approximate surface area is 75.2 Å². The van der Waals surface area contributed by atoms with Crippen molar-refractivity contribution in [2.24, 2.45) is 0 Å². The van der Waals surface area contributed by atoms with Gasteiger partial charge in [0.2, 0.25) is 0 Å². The molecule has 0 fully saturated rings. The summed E-state index contributed by atoms with van der Waals surface area (Å²) in [5.74, 6) is 0. The molecule has 0 amide bonds. The highest BCUT2D eigenvalue weighted by Gasteiger charge is 1.85. The minimum Gasteiger partial charge on any atom is -0.502 e. The van der Waals surface area contributed by atoms with Gasteiger partial charge in [-0.25, -0.2) is 0 Å². The maximum absolute atomic E-state index is 8.38. The molecule has 0 bridgehead atoms. The van der Waals surface area contributed by atoms with Gasteiger partial charge < -0.3 is 9.84 Å². The molecule has 0 rings (SSSR count). The quantitative estimate of drug-likeness (QED) is 0.448. The normalized spacial score (nSPS) is 10.8. The highest BCUT2D eigenvalue weighted by Crippen LogP contribution is 1.98. The standard InChI is InChI=1S/C10H19O2/c1-2-3-4-6-9-12-10-7-5-8-11/h5,7,10-11H,2-4,6,8-9H2,1H3. The molecule has 0 heterocycles. The smallest absolute Gasteiger partial charge is 0.0873 e. The van der Waals surface area contributed by atoms with Gasteiger partial charge in [-0.1, -0.05) is 26.2 Å². The van der Waals surface area contributed by atoms with E-state index in [1.54, 1.807) is 18.8 Å². The third-order valence-electron chi connectivity index (χ3n) is 1.53. The number of hydrogen-bond acceptors (Lipinski definition) is 2. The van der Waals surface area contributed by atoms with Crippen LogP contribution in [-0.2, 0) is 4.74 Å². The van der Waals surface area contributed by atoms with Gasteiger partial charge >= 0.3 is 0 Å². The van der Waals surface area contributed by atoms with Crippen molar-refractivity contribution in [3.05, 3.63) is 18.8 Å². The fourth-order valence-corrected chi connectivity index (χ4v) is 0.852. The van der Waals surface area contributed by atoms with E-state index in [1.807, 2.05) is 0 Å². The largest absolute Gasteiger partial charge is 0.502 e. The summed E-state index contributed by atoms with van der Waals surface area (Å²) in [5, 5.41) is 8.38. The summed E-state index contributed by atoms with van der Waals surface area (Å²) >= 11 is 0. The molecule has 12 heavy (non-hydrogen) atoms. The third-order valence-corrected chi connectivity index (χ3v) is 1.53. The van der Waals surface area contributed by atoms with E-state index in [0.717, 1.165) is 13.0 Å². The van der Waals surface area contributed by atoms with E-state index >= 15 is 0 Å². The minimum absolute atomic E-state index is 0.0791. The van der Waals surface area contributed by atoms with Gasteiger partial charge in [0.1, 0.15) is 0 Å². The molecule has 1 N–H and O–H groups in total. The lowest BCUT2D eigenvalue weighted by Gasteiger charge is -1.99. The summed E-state index contributed by atoms with van der Waals surface area (Å²) in [5.41, 5.74) is 0. The first kappa shape index (κ1) is 11.5. The molecule has 0 atom stereocenters. The fourth-order valence-electron chi connectivity index (χ4n) is 0.852. The molecule has 0 spiro atoms. The molecule has 2 heteroatoms. The first-order valence-corrected chi connectivity index (χ1v) is 4.62. The van der Waals surface area contributed by atoms with Crippen LogP contribution in [0, 0.1) is 6.42 Å². The van der Waals surface area contributed by atoms with Crippen molar-refractivity contribution in [1.82, 2.24) is 0 Å². The van der Waals surface area contributed by atoms with Gasteiger partial charge in [-0.15, -0.1) is 0 Å². The van der Waals surface area contributed by atoms with Gasteiger partial charge in [0, 0.05) is 6.42 Å². The Morgan fingerprint density at radius 2 is 2.08 bits per heavy atom. The first-order chi connectivity index (χ1) is 5.91. The van der Waals surface area contributed by atoms with Crippen molar-refractivity contribution in [1.29, 1.82) is 0 Å². The monoisotopic (exact) mass is 171 g/mol. The molecular weight excluding hydrogens is 152 g/mol. The molecule has 0 saturated carbocycles. The average Bonchev–Trinajstić information content (AvgIpc) is 2.10. The molecule has 0 saturated heterocycles. The highest BCUT2D eigenvalue weighted by molar-refractivity contribution is 4.89. The lowest BCUT2D eigenvalue weighted by molar-refractivity contribution is 0.240. The minimum atomic E-state index is 0.0791. The second-order valence-corrected chi connectivity index (χ2v) is 2.68. The van der Waals surface area contributed by atoms with Crippen molar-refractivity contribution in [2.75, 3.05) is 13.2 Å². The van der Waals surface area contributed by atoms with Crippen LogP contribution in [0.4, 0.5) is 0 Å². The van der Waals surface area contributed by atoms with Gasteiger partial charge in [0.15, 0.2) is 0 Å². The molecule has 0 aromatic heterocycles. The SMILES string of the molecule is CCCCCCOC=C[CH]CO. The van der Waals surface area contributed by atoms with Crippen molar-refractivity contribution in [3.63, 3.8) is 0 Å². The molecule has 71 valence electrons. The lowest BCUT2D eigenvalue weighted by atomic mass is 10.2. The number of unbranched alkanes of at least 4 members (excludes halogenated alkanes) is 3. The number of rotatable bonds is 8. The molecule has 0 aromatic rings. The molecule has 0 aliphatic carbocycles. The van der Waals surface area contributed by atoms with E-state index < -0.39 is 0 Å². The predicted molar refractivity (Wildman–Crippen MR) is 50.6 cm³/mol. The van der Waals surface area contributed by atoms with Crippen molar-refractivity contribution < 1.29 is 9.84 Å². The van der Waals surface area contributed by atoms with Crippen molar-refractivity contribution >= 4 is 0 Å². The number of aliphatic hydroxyl groups is 1. The number of hydrogen-bond donors (Lipinski definition) is 1. The zero-order valence-corrected chi connectivity index (χ0v) is 7.83. The molecule has 0 aliphatic rings. The van der Waals surface area contributed by atoms with Gasteiger partial charge in [-0.05, 0) is 12.5 Å². The van der Waals surface area contributed by atoms with Crippen molar-refractivity contribution in [3.8, 4) is 0 Å². The molecule has 0 unspecified atom stereocenters. The van der Waals surface area contributed by atoms with E-state index in [0.29, 0.717) is 0 Å². The van der Waals surface area contributed by atoms with Gasteiger partial charge in [0.05, 0.1) is 19.5 Å². The Kier molecular flexibility index (Phi) is 10.1. The zero-order chi connectivity index (χ0) is 9.07. The van der Waals surface area contributed by atoms with Crippen LogP contribution < -0.4 is 0 Å². The summed E-state index contributed by atoms with van der Waals surface area (Å²) in [7, 11) is 0. The van der Waals surface area contributed by atoms with Crippen LogP contribution in [0.1, 0.15) is 32.6 Å². The summed E-state index contributed by atoms with van der Waals surface area (Å²) in [4.78, 5) is 0. The molecule has 0 aliphatic heterocycles. The van der Waals surface area contributed by atoms with Crippen LogP contribution in [-0.4, -0.2) is 18.3 Å². The number of ether oxygens (including phenoxy) is 1. The van der Waals surface area contributed by atoms with Crippen molar-refractivity contribution in [2.45, 2.75) is 32.6 Å². The molecular formula is C10H19O2. The molecule has 0 aromatic carbocycles. The maximum atomic E-state index is 8.38. The van der Waals surface area contributed by atoms with Gasteiger partial charge in [-0.2, -0.15) is 0 Å². The van der Waals surface area contributed by atoms with E-state index in [4.69, 9.17) is 9.84 Å². The average molecular weight is 171 g/mol. The second kappa shape index (κ2) is 10.5. The van der Waals surface area contributed by atoms with Crippen LogP contribution in [0.2, 0.25) is 0 Å². The molecule has 2 nitrogen and oxygen atoms in total. The van der Waals surface area contributed by atoms with Crippen LogP contribution in [0.5, 0.6) is 0 Å². The Bertz CT molecular complexity index is 100. The van der Waals surface area contributed by atoms with E-state index in [9.17, 15) is 0 Å². The predicted octanol–water partition coefficient (Wildman–Crippen LogP) is 2.29. The summed E-state index contributed by atoms with van der Waals surface area (Å²) in [6.45, 7) is 3.06. The zero-order valence-electron chi connectivity index (χ0n) is 7.83. The summed E-state index contributed by atoms with van der Waals surface area (Å²) in [6.07, 6.45) is 9.91. The van der Waals surface area contributed by atoms with Gasteiger partial charge in [-0.3, -0.25) is 0 Å². The highest BCUT2D eigenvalue weighted by atomic mass is 16.5. The van der Waals surface area contributed by atoms with E-state index in [1.165, 1.54) is 19.3 Å². The maximum Gasteiger partial charge on any atom is 0.0873 e. The molecule has 1 radical (unpaired) electrons. The fraction of sp³-hybridized carbons (Fsp3) is 0.700. The van der Waals surface area contributed by atoms with Crippen LogP contribution in [0.3, 0.4) is 0 Å². The van der Waals surface area contributed by atoms with E-state index in [-0.39, 0.29) is 6.61 Å². The Morgan fingerprint density at radius 1 is 1.25 bits per heavy atom. The van der Waals surface area contributed by atoms with Crippen LogP contribution in [0.15, 0.2) is 12.3 Å². The third kappa shape index (κ3) is 9.50. The summed E-state index contributed by atoms with van der Waals surface area (Å²) < 4.78 is 5.16. The Balaban J connectivity index is 2.90. The van der Waals surface area contributed by atoms with Crippen LogP contribution in [0.25, 0.3) is 0 Å². The first-order valence-electron chi connectivity index (χ1n) is 4.62. The lowest BCUT2D eigenvalue weighted by Crippen LogP contribution is -1.87. The second-order valence-electron chi connectivity index (χ2n) is 2.68. The Morgan fingerprint density at radius 3 is 2.75 bits per heavy atom. The summed E-state index contributed by atoms with van der Waals surface area (Å²) in [6, 6.07) is 0. The Hall–Kier alpha value is -0.500. The van der Waals surface area contributed by atoms with Crippen LogP contribution >= 0.6 is 0 Å². The van der Waals surface area contributed by atoms with E-state index in [2.05, 4.69) is 6.92 Å². The van der Waals surface area contributed by atoms with Gasteiger partial charge in [0.25, 0.3) is 0 Å².